The van der Waals surface area contributed by atoms with Gasteiger partial charge in [0.15, 0.2) is 0 Å². The molecule has 0 heterocycles. The Balaban J connectivity index is 2.47. The highest BCUT2D eigenvalue weighted by molar-refractivity contribution is 9.10. The molecule has 0 aliphatic heterocycles. The van der Waals surface area contributed by atoms with Crippen LogP contribution in [0.2, 0.25) is 0 Å². The summed E-state index contributed by atoms with van der Waals surface area (Å²) in [7, 11) is 0. The molecule has 2 rings (SSSR count). The molecule has 1 aromatic carbocycles. The first-order valence-electron chi connectivity index (χ1n) is 5.37. The molecule has 0 radical (unpaired) electrons. The molecule has 2 nitrogen and oxygen atoms in total. The third-order valence-electron chi connectivity index (χ3n) is 3.02. The van der Waals surface area contributed by atoms with Gasteiger partial charge in [-0.25, -0.2) is 0 Å². The fourth-order valence-corrected chi connectivity index (χ4v) is 2.92. The van der Waals surface area contributed by atoms with Crippen molar-refractivity contribution in [3.05, 3.63) is 27.2 Å². The SMILES string of the molecule is OCCc1cc2c(c(Br)c1O)CCCC2. The summed E-state index contributed by atoms with van der Waals surface area (Å²) in [6.07, 6.45) is 5.08. The molecular weight excluding hydrogens is 256 g/mol. The average Bonchev–Trinajstić information content (AvgIpc) is 2.26. The van der Waals surface area contributed by atoms with Crippen LogP contribution in [0.15, 0.2) is 10.5 Å². The number of aromatic hydroxyl groups is 1. The monoisotopic (exact) mass is 270 g/mol. The summed E-state index contributed by atoms with van der Waals surface area (Å²) in [4.78, 5) is 0. The molecule has 0 bridgehead atoms. The molecule has 2 N–H and O–H groups in total. The van der Waals surface area contributed by atoms with E-state index in [9.17, 15) is 5.11 Å². The number of phenolic OH excluding ortho intramolecular Hbond substituents is 1. The van der Waals surface area contributed by atoms with Crippen molar-refractivity contribution in [2.75, 3.05) is 6.61 Å². The quantitative estimate of drug-likeness (QED) is 0.867. The molecular formula is C12H15BrO2. The molecule has 1 aliphatic carbocycles. The van der Waals surface area contributed by atoms with E-state index in [-0.39, 0.29) is 6.61 Å². The van der Waals surface area contributed by atoms with Gasteiger partial charge in [0, 0.05) is 6.61 Å². The molecule has 82 valence electrons. The van der Waals surface area contributed by atoms with Crippen LogP contribution in [-0.2, 0) is 19.3 Å². The summed E-state index contributed by atoms with van der Waals surface area (Å²) >= 11 is 3.46. The van der Waals surface area contributed by atoms with E-state index in [0.29, 0.717) is 12.2 Å². The fraction of sp³-hybridized carbons (Fsp3) is 0.500. The third kappa shape index (κ3) is 2.04. The number of hydrogen-bond acceptors (Lipinski definition) is 2. The van der Waals surface area contributed by atoms with Crippen molar-refractivity contribution in [2.45, 2.75) is 32.1 Å². The first-order valence-corrected chi connectivity index (χ1v) is 6.16. The van der Waals surface area contributed by atoms with Crippen LogP contribution in [-0.4, -0.2) is 16.8 Å². The largest absolute Gasteiger partial charge is 0.506 e. The van der Waals surface area contributed by atoms with Gasteiger partial charge in [0.25, 0.3) is 0 Å². The minimum atomic E-state index is 0.0821. The number of benzene rings is 1. The lowest BCUT2D eigenvalue weighted by molar-refractivity contribution is 0.297. The molecule has 0 unspecified atom stereocenters. The van der Waals surface area contributed by atoms with Crippen LogP contribution in [0.5, 0.6) is 5.75 Å². The molecule has 1 aliphatic rings. The lowest BCUT2D eigenvalue weighted by Gasteiger charge is -2.20. The second-order valence-electron chi connectivity index (χ2n) is 4.02. The molecule has 0 atom stereocenters. The normalized spacial score (nSPS) is 15.1. The van der Waals surface area contributed by atoms with Crippen LogP contribution in [0.25, 0.3) is 0 Å². The number of phenols is 1. The van der Waals surface area contributed by atoms with Crippen LogP contribution < -0.4 is 0 Å². The zero-order valence-electron chi connectivity index (χ0n) is 8.59. The Morgan fingerprint density at radius 1 is 1.27 bits per heavy atom. The molecule has 0 amide bonds. The van der Waals surface area contributed by atoms with Gasteiger partial charge in [-0.2, -0.15) is 0 Å². The molecule has 0 saturated heterocycles. The summed E-state index contributed by atoms with van der Waals surface area (Å²) in [5, 5.41) is 18.8. The molecule has 15 heavy (non-hydrogen) atoms. The molecule has 0 aromatic heterocycles. The number of fused-ring (bicyclic) bond motifs is 1. The van der Waals surface area contributed by atoms with E-state index in [2.05, 4.69) is 15.9 Å². The zero-order valence-corrected chi connectivity index (χ0v) is 10.2. The second kappa shape index (κ2) is 4.54. The second-order valence-corrected chi connectivity index (χ2v) is 4.81. The van der Waals surface area contributed by atoms with E-state index < -0.39 is 0 Å². The van der Waals surface area contributed by atoms with Gasteiger partial charge in [0.1, 0.15) is 5.75 Å². The maximum Gasteiger partial charge on any atom is 0.133 e. The Kier molecular flexibility index (Phi) is 3.32. The van der Waals surface area contributed by atoms with Gasteiger partial charge in [-0.15, -0.1) is 0 Å². The van der Waals surface area contributed by atoms with Gasteiger partial charge >= 0.3 is 0 Å². The topological polar surface area (TPSA) is 40.5 Å². The lowest BCUT2D eigenvalue weighted by atomic mass is 9.89. The van der Waals surface area contributed by atoms with Crippen molar-refractivity contribution in [3.63, 3.8) is 0 Å². The summed E-state index contributed by atoms with van der Waals surface area (Å²) < 4.78 is 0.836. The summed E-state index contributed by atoms with van der Waals surface area (Å²) in [6.45, 7) is 0.0821. The Morgan fingerprint density at radius 2 is 2.00 bits per heavy atom. The first kappa shape index (κ1) is 11.0. The van der Waals surface area contributed by atoms with Crippen LogP contribution in [0.4, 0.5) is 0 Å². The van der Waals surface area contributed by atoms with E-state index in [4.69, 9.17) is 5.11 Å². The number of aliphatic hydroxyl groups is 1. The Morgan fingerprint density at radius 3 is 2.73 bits per heavy atom. The van der Waals surface area contributed by atoms with E-state index in [0.717, 1.165) is 22.9 Å². The predicted octanol–water partition coefficient (Wildman–Crippen LogP) is 2.57. The van der Waals surface area contributed by atoms with Crippen LogP contribution in [0.1, 0.15) is 29.5 Å². The summed E-state index contributed by atoms with van der Waals surface area (Å²) in [5.41, 5.74) is 3.43. The third-order valence-corrected chi connectivity index (χ3v) is 3.87. The maximum atomic E-state index is 9.93. The molecule has 0 saturated carbocycles. The zero-order chi connectivity index (χ0) is 10.8. The highest BCUT2D eigenvalue weighted by Crippen LogP contribution is 2.37. The Labute approximate surface area is 98.1 Å². The molecule has 3 heteroatoms. The van der Waals surface area contributed by atoms with Gasteiger partial charge in [0.05, 0.1) is 4.47 Å². The van der Waals surface area contributed by atoms with Gasteiger partial charge in [0.2, 0.25) is 0 Å². The minimum Gasteiger partial charge on any atom is -0.506 e. The Hall–Kier alpha value is -0.540. The maximum absolute atomic E-state index is 9.93. The van der Waals surface area contributed by atoms with E-state index in [1.807, 2.05) is 6.07 Å². The number of hydrogen-bond donors (Lipinski definition) is 2. The van der Waals surface area contributed by atoms with Crippen LogP contribution >= 0.6 is 15.9 Å². The number of aryl methyl sites for hydroxylation is 1. The van der Waals surface area contributed by atoms with Gasteiger partial charge in [-0.05, 0) is 64.7 Å². The van der Waals surface area contributed by atoms with Crippen molar-refractivity contribution in [1.82, 2.24) is 0 Å². The highest BCUT2D eigenvalue weighted by atomic mass is 79.9. The molecule has 1 aromatic rings. The first-order chi connectivity index (χ1) is 7.24. The molecule has 0 spiro atoms. The lowest BCUT2D eigenvalue weighted by Crippen LogP contribution is -2.06. The number of halogens is 1. The van der Waals surface area contributed by atoms with Crippen molar-refractivity contribution < 1.29 is 10.2 Å². The number of rotatable bonds is 2. The van der Waals surface area contributed by atoms with E-state index in [1.54, 1.807) is 0 Å². The van der Waals surface area contributed by atoms with Gasteiger partial charge in [-0.1, -0.05) is 6.07 Å². The van der Waals surface area contributed by atoms with Gasteiger partial charge < -0.3 is 10.2 Å². The molecule has 0 fully saturated rings. The van der Waals surface area contributed by atoms with Crippen molar-refractivity contribution >= 4 is 15.9 Å². The summed E-state index contributed by atoms with van der Waals surface area (Å²) in [6, 6.07) is 2.05. The van der Waals surface area contributed by atoms with Crippen LogP contribution in [0, 0.1) is 0 Å². The van der Waals surface area contributed by atoms with Crippen LogP contribution in [0.3, 0.4) is 0 Å². The van der Waals surface area contributed by atoms with E-state index in [1.165, 1.54) is 24.0 Å². The fourth-order valence-electron chi connectivity index (χ4n) is 2.21. The van der Waals surface area contributed by atoms with E-state index >= 15 is 0 Å². The standard InChI is InChI=1S/C12H15BrO2/c13-11-10-4-2-1-3-8(10)7-9(5-6-14)12(11)15/h7,14-15H,1-6H2. The van der Waals surface area contributed by atoms with Crippen molar-refractivity contribution in [3.8, 4) is 5.75 Å². The highest BCUT2D eigenvalue weighted by Gasteiger charge is 2.17. The average molecular weight is 271 g/mol. The smallest absolute Gasteiger partial charge is 0.133 e. The van der Waals surface area contributed by atoms with Crippen molar-refractivity contribution in [1.29, 1.82) is 0 Å². The van der Waals surface area contributed by atoms with Crippen molar-refractivity contribution in [2.24, 2.45) is 0 Å². The predicted molar refractivity (Wildman–Crippen MR) is 63.2 cm³/mol. The summed E-state index contributed by atoms with van der Waals surface area (Å²) in [5.74, 6) is 0.310. The number of aliphatic hydroxyl groups excluding tert-OH is 1. The minimum absolute atomic E-state index is 0.0821. The van der Waals surface area contributed by atoms with Gasteiger partial charge in [-0.3, -0.25) is 0 Å². The Bertz CT molecular complexity index is 374.